The number of rotatable bonds is 3. The Balaban J connectivity index is 2.16. The normalized spacial score (nSPS) is 21.7. The maximum atomic E-state index is 10.2. The van der Waals surface area contributed by atoms with Crippen molar-refractivity contribution in [2.24, 2.45) is 0 Å². The lowest BCUT2D eigenvalue weighted by atomic mass is 10.3. The molecule has 1 heterocycles. The third-order valence-electron chi connectivity index (χ3n) is 1.35. The van der Waals surface area contributed by atoms with Crippen LogP contribution in [0.2, 0.25) is 0 Å². The van der Waals surface area contributed by atoms with Gasteiger partial charge >= 0.3 is 5.97 Å². The lowest BCUT2D eigenvalue weighted by Crippen LogP contribution is -2.40. The van der Waals surface area contributed by atoms with Gasteiger partial charge in [0.1, 0.15) is 6.10 Å². The SMILES string of the molecule is C[C@H](OC1COC1)C(=O)O. The molecule has 1 atom stereocenters. The summed E-state index contributed by atoms with van der Waals surface area (Å²) in [6.07, 6.45) is -0.722. The summed E-state index contributed by atoms with van der Waals surface area (Å²) >= 11 is 0. The van der Waals surface area contributed by atoms with E-state index in [2.05, 4.69) is 0 Å². The van der Waals surface area contributed by atoms with Gasteiger partial charge in [-0.1, -0.05) is 0 Å². The monoisotopic (exact) mass is 146 g/mol. The van der Waals surface area contributed by atoms with Gasteiger partial charge in [-0.25, -0.2) is 4.79 Å². The average Bonchev–Trinajstić information content (AvgIpc) is 1.77. The van der Waals surface area contributed by atoms with Gasteiger partial charge in [0.05, 0.1) is 13.2 Å². The molecule has 0 aliphatic carbocycles. The van der Waals surface area contributed by atoms with Gasteiger partial charge in [-0.2, -0.15) is 0 Å². The number of carbonyl (C=O) groups is 1. The summed E-state index contributed by atoms with van der Waals surface area (Å²) in [7, 11) is 0. The van der Waals surface area contributed by atoms with E-state index in [1.54, 1.807) is 0 Å². The highest BCUT2D eigenvalue weighted by Gasteiger charge is 2.24. The quantitative estimate of drug-likeness (QED) is 0.602. The molecule has 10 heavy (non-hydrogen) atoms. The second-order valence-electron chi connectivity index (χ2n) is 2.28. The first kappa shape index (κ1) is 7.50. The van der Waals surface area contributed by atoms with Crippen molar-refractivity contribution in [3.05, 3.63) is 0 Å². The largest absolute Gasteiger partial charge is 0.479 e. The highest BCUT2D eigenvalue weighted by molar-refractivity contribution is 5.71. The molecule has 1 aliphatic heterocycles. The van der Waals surface area contributed by atoms with Crippen LogP contribution in [0, 0.1) is 0 Å². The lowest BCUT2D eigenvalue weighted by molar-refractivity contribution is -0.176. The van der Waals surface area contributed by atoms with Crippen molar-refractivity contribution >= 4 is 5.97 Å². The molecule has 0 saturated carbocycles. The second kappa shape index (κ2) is 2.98. The number of carboxylic acids is 1. The van der Waals surface area contributed by atoms with Crippen LogP contribution in [0.1, 0.15) is 6.92 Å². The molecule has 0 radical (unpaired) electrons. The van der Waals surface area contributed by atoms with Crippen molar-refractivity contribution in [3.8, 4) is 0 Å². The maximum Gasteiger partial charge on any atom is 0.332 e. The van der Waals surface area contributed by atoms with Gasteiger partial charge in [-0.3, -0.25) is 0 Å². The molecule has 4 heteroatoms. The minimum atomic E-state index is -0.924. The second-order valence-corrected chi connectivity index (χ2v) is 2.28. The Morgan fingerprint density at radius 2 is 2.40 bits per heavy atom. The molecule has 0 aromatic carbocycles. The van der Waals surface area contributed by atoms with E-state index in [1.807, 2.05) is 0 Å². The third kappa shape index (κ3) is 1.68. The van der Waals surface area contributed by atoms with Gasteiger partial charge in [-0.15, -0.1) is 0 Å². The zero-order chi connectivity index (χ0) is 7.56. The molecule has 58 valence electrons. The maximum absolute atomic E-state index is 10.2. The molecular formula is C6H10O4. The van der Waals surface area contributed by atoms with Crippen LogP contribution in [0.25, 0.3) is 0 Å². The predicted molar refractivity (Wildman–Crippen MR) is 32.8 cm³/mol. The summed E-state index contributed by atoms with van der Waals surface area (Å²) in [5.74, 6) is -0.924. The van der Waals surface area contributed by atoms with Gasteiger partial charge in [0, 0.05) is 0 Å². The first-order valence-corrected chi connectivity index (χ1v) is 3.16. The summed E-state index contributed by atoms with van der Waals surface area (Å²) in [5, 5.41) is 8.38. The smallest absolute Gasteiger partial charge is 0.332 e. The molecule has 1 saturated heterocycles. The highest BCUT2D eigenvalue weighted by atomic mass is 16.6. The number of ether oxygens (including phenoxy) is 2. The Labute approximate surface area is 58.7 Å². The van der Waals surface area contributed by atoms with Crippen LogP contribution in [-0.2, 0) is 14.3 Å². The minimum Gasteiger partial charge on any atom is -0.479 e. The fourth-order valence-corrected chi connectivity index (χ4v) is 0.640. The van der Waals surface area contributed by atoms with E-state index in [0.717, 1.165) is 0 Å². The fraction of sp³-hybridized carbons (Fsp3) is 0.833. The van der Waals surface area contributed by atoms with Crippen molar-refractivity contribution in [1.29, 1.82) is 0 Å². The van der Waals surface area contributed by atoms with Crippen LogP contribution in [-0.4, -0.2) is 36.5 Å². The highest BCUT2D eigenvalue weighted by Crippen LogP contribution is 2.07. The van der Waals surface area contributed by atoms with Crippen LogP contribution in [0.3, 0.4) is 0 Å². The van der Waals surface area contributed by atoms with Crippen molar-refractivity contribution in [2.45, 2.75) is 19.1 Å². The van der Waals surface area contributed by atoms with Crippen molar-refractivity contribution < 1.29 is 19.4 Å². The van der Waals surface area contributed by atoms with Gasteiger partial charge in [0.25, 0.3) is 0 Å². The predicted octanol–water partition coefficient (Wildman–Crippen LogP) is -0.125. The average molecular weight is 146 g/mol. The molecular weight excluding hydrogens is 136 g/mol. The molecule has 1 N–H and O–H groups in total. The Kier molecular flexibility index (Phi) is 2.24. The summed E-state index contributed by atoms with van der Waals surface area (Å²) in [4.78, 5) is 10.2. The van der Waals surface area contributed by atoms with E-state index in [-0.39, 0.29) is 6.10 Å². The minimum absolute atomic E-state index is 0.00824. The van der Waals surface area contributed by atoms with Gasteiger partial charge in [0.2, 0.25) is 0 Å². The molecule has 1 fully saturated rings. The molecule has 0 bridgehead atoms. The summed E-state index contributed by atoms with van der Waals surface area (Å²) < 4.78 is 9.82. The molecule has 0 aromatic rings. The Hall–Kier alpha value is -0.610. The van der Waals surface area contributed by atoms with Gasteiger partial charge in [-0.05, 0) is 6.92 Å². The first-order valence-electron chi connectivity index (χ1n) is 3.16. The number of hydrogen-bond donors (Lipinski definition) is 1. The van der Waals surface area contributed by atoms with Crippen LogP contribution in [0.15, 0.2) is 0 Å². The van der Waals surface area contributed by atoms with E-state index in [0.29, 0.717) is 13.2 Å². The number of carboxylic acid groups (broad SMARTS) is 1. The lowest BCUT2D eigenvalue weighted by Gasteiger charge is -2.27. The Morgan fingerprint density at radius 1 is 1.80 bits per heavy atom. The van der Waals surface area contributed by atoms with Crippen LogP contribution in [0.4, 0.5) is 0 Å². The van der Waals surface area contributed by atoms with Crippen molar-refractivity contribution in [3.63, 3.8) is 0 Å². The van der Waals surface area contributed by atoms with Crippen molar-refractivity contribution in [1.82, 2.24) is 0 Å². The van der Waals surface area contributed by atoms with Gasteiger partial charge < -0.3 is 14.6 Å². The van der Waals surface area contributed by atoms with E-state index < -0.39 is 12.1 Å². The van der Waals surface area contributed by atoms with E-state index in [1.165, 1.54) is 6.92 Å². The summed E-state index contributed by atoms with van der Waals surface area (Å²) in [6.45, 7) is 2.57. The van der Waals surface area contributed by atoms with E-state index in [9.17, 15) is 4.79 Å². The Morgan fingerprint density at radius 3 is 2.70 bits per heavy atom. The molecule has 1 rings (SSSR count). The topological polar surface area (TPSA) is 55.8 Å². The molecule has 4 nitrogen and oxygen atoms in total. The first-order chi connectivity index (χ1) is 4.70. The van der Waals surface area contributed by atoms with Crippen LogP contribution in [0.5, 0.6) is 0 Å². The third-order valence-corrected chi connectivity index (χ3v) is 1.35. The zero-order valence-corrected chi connectivity index (χ0v) is 5.74. The molecule has 0 spiro atoms. The standard InChI is InChI=1S/C6H10O4/c1-4(6(7)8)10-5-2-9-3-5/h4-5H,2-3H2,1H3,(H,7,8)/t4-/m0/s1. The Bertz CT molecular complexity index is 130. The van der Waals surface area contributed by atoms with Gasteiger partial charge in [0.15, 0.2) is 6.10 Å². The molecule has 1 aliphatic rings. The number of hydrogen-bond acceptors (Lipinski definition) is 3. The van der Waals surface area contributed by atoms with Crippen molar-refractivity contribution in [2.75, 3.05) is 13.2 Å². The molecule has 0 amide bonds. The van der Waals surface area contributed by atoms with E-state index >= 15 is 0 Å². The van der Waals surface area contributed by atoms with Crippen LogP contribution < -0.4 is 0 Å². The molecule has 0 unspecified atom stereocenters. The van der Waals surface area contributed by atoms with E-state index in [4.69, 9.17) is 14.6 Å². The summed E-state index contributed by atoms with van der Waals surface area (Å²) in [6, 6.07) is 0. The fourth-order valence-electron chi connectivity index (χ4n) is 0.640. The number of aliphatic carboxylic acids is 1. The summed E-state index contributed by atoms with van der Waals surface area (Å²) in [5.41, 5.74) is 0. The van der Waals surface area contributed by atoms with Crippen LogP contribution >= 0.6 is 0 Å². The zero-order valence-electron chi connectivity index (χ0n) is 5.74. The molecule has 0 aromatic heterocycles.